The third-order valence-electron chi connectivity index (χ3n) is 4.21. The number of likely N-dealkylation sites (N-methyl/N-ethyl adjacent to an activating group) is 1. The van der Waals surface area contributed by atoms with Crippen molar-refractivity contribution in [3.8, 4) is 0 Å². The Morgan fingerprint density at radius 3 is 2.41 bits per heavy atom. The normalized spacial score (nSPS) is 16.4. The van der Waals surface area contributed by atoms with E-state index in [2.05, 4.69) is 17.0 Å². The molecule has 5 nitrogen and oxygen atoms in total. The topological polar surface area (TPSA) is 60.9 Å². The highest BCUT2D eigenvalue weighted by molar-refractivity contribution is 5.83. The summed E-state index contributed by atoms with van der Waals surface area (Å²) in [6.45, 7) is 4.76. The molecule has 1 fully saturated rings. The van der Waals surface area contributed by atoms with Crippen LogP contribution in [0.2, 0.25) is 0 Å². The Bertz CT molecular complexity index is 496. The number of carboxylic acids is 1. The van der Waals surface area contributed by atoms with Gasteiger partial charge >= 0.3 is 5.97 Å². The summed E-state index contributed by atoms with van der Waals surface area (Å²) in [5, 5.41) is 8.87. The minimum atomic E-state index is -0.947. The Kier molecular flexibility index (Phi) is 5.95. The lowest BCUT2D eigenvalue weighted by atomic mass is 9.95. The Labute approximate surface area is 131 Å². The van der Waals surface area contributed by atoms with Gasteiger partial charge in [-0.2, -0.15) is 0 Å². The molecular formula is C17H24N2O3. The van der Waals surface area contributed by atoms with Gasteiger partial charge < -0.3 is 10.0 Å². The SMILES string of the molecule is CCN(CC(=O)O)C(=O)C1CCN(Cc2ccccc2)CC1. The molecule has 0 atom stereocenters. The fraction of sp³-hybridized carbons (Fsp3) is 0.529. The van der Waals surface area contributed by atoms with E-state index in [-0.39, 0.29) is 18.4 Å². The number of piperidine rings is 1. The van der Waals surface area contributed by atoms with E-state index in [1.54, 1.807) is 0 Å². The Hall–Kier alpha value is -1.88. The molecule has 2 rings (SSSR count). The molecule has 22 heavy (non-hydrogen) atoms. The minimum absolute atomic E-state index is 0.00994. The molecule has 120 valence electrons. The van der Waals surface area contributed by atoms with Crippen molar-refractivity contribution >= 4 is 11.9 Å². The minimum Gasteiger partial charge on any atom is -0.480 e. The molecule has 1 saturated heterocycles. The first kappa shape index (κ1) is 16.5. The van der Waals surface area contributed by atoms with Crippen molar-refractivity contribution < 1.29 is 14.7 Å². The van der Waals surface area contributed by atoms with Crippen LogP contribution in [0.5, 0.6) is 0 Å². The first-order valence-corrected chi connectivity index (χ1v) is 7.87. The molecule has 1 heterocycles. The maximum absolute atomic E-state index is 12.4. The van der Waals surface area contributed by atoms with Crippen molar-refractivity contribution in [2.75, 3.05) is 26.2 Å². The number of benzene rings is 1. The highest BCUT2D eigenvalue weighted by Crippen LogP contribution is 2.21. The van der Waals surface area contributed by atoms with Crippen LogP contribution in [-0.2, 0) is 16.1 Å². The van der Waals surface area contributed by atoms with Crippen LogP contribution in [0.25, 0.3) is 0 Å². The number of rotatable bonds is 6. The lowest BCUT2D eigenvalue weighted by Gasteiger charge is -2.33. The van der Waals surface area contributed by atoms with Crippen molar-refractivity contribution in [2.24, 2.45) is 5.92 Å². The molecule has 0 bridgehead atoms. The monoisotopic (exact) mass is 304 g/mol. The maximum atomic E-state index is 12.4. The predicted octanol–water partition coefficient (Wildman–Crippen LogP) is 1.83. The zero-order valence-corrected chi connectivity index (χ0v) is 13.1. The number of amides is 1. The van der Waals surface area contributed by atoms with Crippen molar-refractivity contribution in [1.82, 2.24) is 9.80 Å². The van der Waals surface area contributed by atoms with E-state index in [1.807, 2.05) is 25.1 Å². The van der Waals surface area contributed by atoms with Crippen LogP contribution in [0.4, 0.5) is 0 Å². The second-order valence-corrected chi connectivity index (χ2v) is 5.78. The van der Waals surface area contributed by atoms with Crippen LogP contribution in [-0.4, -0.2) is 53.0 Å². The second kappa shape index (κ2) is 7.94. The largest absolute Gasteiger partial charge is 0.480 e. The van der Waals surface area contributed by atoms with E-state index in [1.165, 1.54) is 10.5 Å². The molecule has 0 aromatic heterocycles. The van der Waals surface area contributed by atoms with Gasteiger partial charge in [-0.05, 0) is 38.4 Å². The molecular weight excluding hydrogens is 280 g/mol. The first-order valence-electron chi connectivity index (χ1n) is 7.87. The molecule has 1 aromatic rings. The van der Waals surface area contributed by atoms with Gasteiger partial charge in [0.25, 0.3) is 0 Å². The number of carboxylic acid groups (broad SMARTS) is 1. The van der Waals surface area contributed by atoms with Crippen molar-refractivity contribution in [3.05, 3.63) is 35.9 Å². The fourth-order valence-corrected chi connectivity index (χ4v) is 2.95. The third-order valence-corrected chi connectivity index (χ3v) is 4.21. The van der Waals surface area contributed by atoms with Gasteiger partial charge in [-0.1, -0.05) is 30.3 Å². The van der Waals surface area contributed by atoms with Gasteiger partial charge in [0.1, 0.15) is 6.54 Å². The van der Waals surface area contributed by atoms with E-state index >= 15 is 0 Å². The smallest absolute Gasteiger partial charge is 0.323 e. The second-order valence-electron chi connectivity index (χ2n) is 5.78. The van der Waals surface area contributed by atoms with E-state index in [0.29, 0.717) is 6.54 Å². The summed E-state index contributed by atoms with van der Waals surface area (Å²) in [4.78, 5) is 27.0. The number of hydrogen-bond acceptors (Lipinski definition) is 3. The highest BCUT2D eigenvalue weighted by Gasteiger charge is 2.28. The van der Waals surface area contributed by atoms with Gasteiger partial charge in [0, 0.05) is 19.0 Å². The predicted molar refractivity (Wildman–Crippen MR) is 84.3 cm³/mol. The zero-order chi connectivity index (χ0) is 15.9. The van der Waals surface area contributed by atoms with Gasteiger partial charge in [0.2, 0.25) is 5.91 Å². The third kappa shape index (κ3) is 4.56. The number of carbonyl (C=O) groups is 2. The Morgan fingerprint density at radius 1 is 1.23 bits per heavy atom. The van der Waals surface area contributed by atoms with Crippen LogP contribution < -0.4 is 0 Å². The quantitative estimate of drug-likeness (QED) is 0.871. The van der Waals surface area contributed by atoms with E-state index in [9.17, 15) is 9.59 Å². The van der Waals surface area contributed by atoms with Gasteiger partial charge in [0.15, 0.2) is 0 Å². The molecule has 0 spiro atoms. The molecule has 1 aromatic carbocycles. The lowest BCUT2D eigenvalue weighted by molar-refractivity contribution is -0.146. The van der Waals surface area contributed by atoms with E-state index in [0.717, 1.165) is 32.5 Å². The van der Waals surface area contributed by atoms with Crippen molar-refractivity contribution in [2.45, 2.75) is 26.3 Å². The van der Waals surface area contributed by atoms with Gasteiger partial charge in [-0.3, -0.25) is 14.5 Å². The zero-order valence-electron chi connectivity index (χ0n) is 13.1. The number of aliphatic carboxylic acids is 1. The molecule has 0 unspecified atom stereocenters. The molecule has 1 amide bonds. The maximum Gasteiger partial charge on any atom is 0.323 e. The Balaban J connectivity index is 1.83. The van der Waals surface area contributed by atoms with Crippen LogP contribution in [0.15, 0.2) is 30.3 Å². The molecule has 1 aliphatic heterocycles. The number of hydrogen-bond donors (Lipinski definition) is 1. The van der Waals surface area contributed by atoms with E-state index < -0.39 is 5.97 Å². The van der Waals surface area contributed by atoms with E-state index in [4.69, 9.17) is 5.11 Å². The average Bonchev–Trinajstić information content (AvgIpc) is 2.53. The van der Waals surface area contributed by atoms with Gasteiger partial charge in [0.05, 0.1) is 0 Å². The number of likely N-dealkylation sites (tertiary alicyclic amines) is 1. The summed E-state index contributed by atoms with van der Waals surface area (Å²) in [5.41, 5.74) is 1.29. The van der Waals surface area contributed by atoms with Crippen LogP contribution in [0.1, 0.15) is 25.3 Å². The summed E-state index contributed by atoms with van der Waals surface area (Å²) in [5.74, 6) is -0.993. The van der Waals surface area contributed by atoms with Crippen LogP contribution in [0.3, 0.4) is 0 Å². The molecule has 0 saturated carbocycles. The van der Waals surface area contributed by atoms with Gasteiger partial charge in [-0.15, -0.1) is 0 Å². The Morgan fingerprint density at radius 2 is 1.86 bits per heavy atom. The summed E-state index contributed by atoms with van der Waals surface area (Å²) < 4.78 is 0. The fourth-order valence-electron chi connectivity index (χ4n) is 2.95. The van der Waals surface area contributed by atoms with Crippen LogP contribution in [0, 0.1) is 5.92 Å². The summed E-state index contributed by atoms with van der Waals surface area (Å²) in [6, 6.07) is 10.3. The average molecular weight is 304 g/mol. The highest BCUT2D eigenvalue weighted by atomic mass is 16.4. The molecule has 5 heteroatoms. The first-order chi connectivity index (χ1) is 10.6. The van der Waals surface area contributed by atoms with Gasteiger partial charge in [-0.25, -0.2) is 0 Å². The van der Waals surface area contributed by atoms with Crippen LogP contribution >= 0.6 is 0 Å². The lowest BCUT2D eigenvalue weighted by Crippen LogP contribution is -2.44. The molecule has 1 aliphatic rings. The summed E-state index contributed by atoms with van der Waals surface area (Å²) >= 11 is 0. The van der Waals surface area contributed by atoms with Crippen molar-refractivity contribution in [1.29, 1.82) is 0 Å². The molecule has 1 N–H and O–H groups in total. The number of carbonyl (C=O) groups excluding carboxylic acids is 1. The summed E-state index contributed by atoms with van der Waals surface area (Å²) in [7, 11) is 0. The number of nitrogens with zero attached hydrogens (tertiary/aromatic N) is 2. The standard InChI is InChI=1S/C17H24N2O3/c1-2-19(13-16(20)21)17(22)15-8-10-18(11-9-15)12-14-6-4-3-5-7-14/h3-7,15H,2,8-13H2,1H3,(H,20,21). The molecule has 0 radical (unpaired) electrons. The van der Waals surface area contributed by atoms with Crippen molar-refractivity contribution in [3.63, 3.8) is 0 Å². The summed E-state index contributed by atoms with van der Waals surface area (Å²) in [6.07, 6.45) is 1.61. The molecule has 0 aliphatic carbocycles.